The summed E-state index contributed by atoms with van der Waals surface area (Å²) in [5.74, 6) is 0.0512. The Kier molecular flexibility index (Phi) is 6.40. The van der Waals surface area contributed by atoms with E-state index in [1.54, 1.807) is 11.8 Å². The number of tetrazole rings is 1. The van der Waals surface area contributed by atoms with E-state index in [0.29, 0.717) is 24.3 Å². The maximum absolute atomic E-state index is 11.9. The predicted octanol–water partition coefficient (Wildman–Crippen LogP) is -0.332. The summed E-state index contributed by atoms with van der Waals surface area (Å²) < 4.78 is 6.67. The zero-order valence-corrected chi connectivity index (χ0v) is 13.2. The van der Waals surface area contributed by atoms with E-state index >= 15 is 0 Å². The Hall–Kier alpha value is -1.19. The lowest BCUT2D eigenvalue weighted by molar-refractivity contribution is -0.120. The second kappa shape index (κ2) is 8.30. The van der Waals surface area contributed by atoms with Gasteiger partial charge in [0, 0.05) is 26.2 Å². The van der Waals surface area contributed by atoms with Gasteiger partial charge in [0.25, 0.3) is 0 Å². The van der Waals surface area contributed by atoms with E-state index in [0.717, 1.165) is 25.9 Å². The van der Waals surface area contributed by atoms with Gasteiger partial charge in [-0.05, 0) is 30.2 Å². The minimum atomic E-state index is -0.197. The number of ether oxygens (including phenoxy) is 1. The zero-order valence-electron chi connectivity index (χ0n) is 12.4. The van der Waals surface area contributed by atoms with Crippen LogP contribution in [0.2, 0.25) is 0 Å². The summed E-state index contributed by atoms with van der Waals surface area (Å²) in [5, 5.41) is 18.3. The number of nitrogens with one attached hydrogen (secondary N) is 2. The molecule has 8 nitrogen and oxygen atoms in total. The second-order valence-corrected chi connectivity index (χ2v) is 6.28. The standard InChI is InChI=1S/C12H22N6O2S/c1-9(11(19)14-10-3-4-10)21-12-15-16-17-18(12)7-5-13-6-8-20-2/h9-10,13H,3-8H2,1-2H3,(H,14,19). The maximum atomic E-state index is 11.9. The molecule has 0 spiro atoms. The molecule has 1 amide bonds. The van der Waals surface area contributed by atoms with Gasteiger partial charge >= 0.3 is 0 Å². The smallest absolute Gasteiger partial charge is 0.233 e. The summed E-state index contributed by atoms with van der Waals surface area (Å²) in [6, 6.07) is 0.376. The van der Waals surface area contributed by atoms with Crippen LogP contribution in [0.15, 0.2) is 5.16 Å². The van der Waals surface area contributed by atoms with Crippen molar-refractivity contribution in [2.24, 2.45) is 0 Å². The quantitative estimate of drug-likeness (QED) is 0.451. The fourth-order valence-corrected chi connectivity index (χ4v) is 2.49. The number of rotatable bonds is 10. The SMILES string of the molecule is COCCNCCn1nnnc1SC(C)C(=O)NC1CC1. The normalized spacial score (nSPS) is 15.9. The van der Waals surface area contributed by atoms with Crippen molar-refractivity contribution >= 4 is 17.7 Å². The molecule has 0 bridgehead atoms. The molecule has 1 aromatic heterocycles. The fraction of sp³-hybridized carbons (Fsp3) is 0.833. The number of carbonyl (C=O) groups is 1. The van der Waals surface area contributed by atoms with Crippen LogP contribution in [-0.4, -0.2) is 64.2 Å². The highest BCUT2D eigenvalue weighted by Gasteiger charge is 2.26. The Balaban J connectivity index is 1.74. The van der Waals surface area contributed by atoms with Gasteiger partial charge in [0.2, 0.25) is 11.1 Å². The Labute approximate surface area is 128 Å². The molecule has 1 fully saturated rings. The average molecular weight is 314 g/mol. The number of aromatic nitrogens is 4. The van der Waals surface area contributed by atoms with Crippen molar-refractivity contribution in [3.05, 3.63) is 0 Å². The molecule has 21 heavy (non-hydrogen) atoms. The third kappa shape index (κ3) is 5.60. The maximum Gasteiger partial charge on any atom is 0.233 e. The van der Waals surface area contributed by atoms with Crippen molar-refractivity contribution in [3.8, 4) is 0 Å². The van der Waals surface area contributed by atoms with Gasteiger partial charge in [-0.3, -0.25) is 4.79 Å². The molecule has 0 radical (unpaired) electrons. The van der Waals surface area contributed by atoms with Crippen LogP contribution in [0.5, 0.6) is 0 Å². The largest absolute Gasteiger partial charge is 0.383 e. The third-order valence-electron chi connectivity index (χ3n) is 3.06. The second-order valence-electron chi connectivity index (χ2n) is 4.97. The Morgan fingerprint density at radius 3 is 3.05 bits per heavy atom. The van der Waals surface area contributed by atoms with E-state index in [9.17, 15) is 4.79 Å². The van der Waals surface area contributed by atoms with Crippen LogP contribution in [0, 0.1) is 0 Å². The van der Waals surface area contributed by atoms with E-state index in [1.807, 2.05) is 6.92 Å². The first-order valence-electron chi connectivity index (χ1n) is 7.13. The van der Waals surface area contributed by atoms with Crippen molar-refractivity contribution in [2.45, 2.75) is 42.8 Å². The molecule has 1 aliphatic rings. The van der Waals surface area contributed by atoms with Crippen molar-refractivity contribution in [1.29, 1.82) is 0 Å². The van der Waals surface area contributed by atoms with Gasteiger partial charge in [0.05, 0.1) is 18.4 Å². The monoisotopic (exact) mass is 314 g/mol. The molecular formula is C12H22N6O2S. The molecule has 1 heterocycles. The number of carbonyl (C=O) groups excluding carboxylic acids is 1. The molecule has 118 valence electrons. The molecule has 0 aliphatic heterocycles. The molecule has 0 saturated heterocycles. The van der Waals surface area contributed by atoms with Gasteiger partial charge in [-0.2, -0.15) is 0 Å². The lowest BCUT2D eigenvalue weighted by Crippen LogP contribution is -2.32. The molecule has 2 N–H and O–H groups in total. The van der Waals surface area contributed by atoms with Crippen LogP contribution in [0.1, 0.15) is 19.8 Å². The first-order chi connectivity index (χ1) is 10.2. The number of hydrogen-bond donors (Lipinski definition) is 2. The number of amides is 1. The van der Waals surface area contributed by atoms with E-state index in [4.69, 9.17) is 4.74 Å². The van der Waals surface area contributed by atoms with E-state index in [2.05, 4.69) is 26.2 Å². The molecule has 2 rings (SSSR count). The lowest BCUT2D eigenvalue weighted by atomic mass is 10.4. The minimum Gasteiger partial charge on any atom is -0.383 e. The van der Waals surface area contributed by atoms with Crippen molar-refractivity contribution in [3.63, 3.8) is 0 Å². The van der Waals surface area contributed by atoms with Crippen LogP contribution in [0.25, 0.3) is 0 Å². The molecular weight excluding hydrogens is 292 g/mol. The minimum absolute atomic E-state index is 0.0512. The topological polar surface area (TPSA) is 94.0 Å². The molecule has 0 aromatic carbocycles. The van der Waals surface area contributed by atoms with Crippen LogP contribution < -0.4 is 10.6 Å². The van der Waals surface area contributed by atoms with Gasteiger partial charge in [-0.1, -0.05) is 11.8 Å². The Morgan fingerprint density at radius 2 is 2.33 bits per heavy atom. The fourth-order valence-electron chi connectivity index (χ4n) is 1.66. The summed E-state index contributed by atoms with van der Waals surface area (Å²) in [5.41, 5.74) is 0. The number of nitrogens with zero attached hydrogens (tertiary/aromatic N) is 4. The Morgan fingerprint density at radius 1 is 1.52 bits per heavy atom. The highest BCUT2D eigenvalue weighted by atomic mass is 32.2. The zero-order chi connectivity index (χ0) is 15.1. The van der Waals surface area contributed by atoms with Gasteiger partial charge in [0.1, 0.15) is 0 Å². The number of hydrogen-bond acceptors (Lipinski definition) is 7. The lowest BCUT2D eigenvalue weighted by Gasteiger charge is -2.11. The molecule has 1 atom stereocenters. The molecule has 1 aromatic rings. The van der Waals surface area contributed by atoms with Crippen LogP contribution in [0.3, 0.4) is 0 Å². The van der Waals surface area contributed by atoms with Gasteiger partial charge < -0.3 is 15.4 Å². The first kappa shape index (κ1) is 16.2. The molecule has 1 aliphatic carbocycles. The van der Waals surface area contributed by atoms with Crippen LogP contribution in [-0.2, 0) is 16.1 Å². The molecule has 1 saturated carbocycles. The van der Waals surface area contributed by atoms with Crippen LogP contribution in [0.4, 0.5) is 0 Å². The predicted molar refractivity (Wildman–Crippen MR) is 79.0 cm³/mol. The first-order valence-corrected chi connectivity index (χ1v) is 8.01. The third-order valence-corrected chi connectivity index (χ3v) is 4.13. The van der Waals surface area contributed by atoms with Crippen molar-refractivity contribution in [1.82, 2.24) is 30.8 Å². The highest BCUT2D eigenvalue weighted by molar-refractivity contribution is 8.00. The number of thioether (sulfide) groups is 1. The van der Waals surface area contributed by atoms with Crippen molar-refractivity contribution in [2.75, 3.05) is 26.8 Å². The summed E-state index contributed by atoms with van der Waals surface area (Å²) in [6.45, 7) is 4.76. The summed E-state index contributed by atoms with van der Waals surface area (Å²) in [4.78, 5) is 11.9. The van der Waals surface area contributed by atoms with Gasteiger partial charge in [-0.25, -0.2) is 4.68 Å². The summed E-state index contributed by atoms with van der Waals surface area (Å²) in [7, 11) is 1.67. The van der Waals surface area contributed by atoms with Crippen LogP contribution >= 0.6 is 11.8 Å². The van der Waals surface area contributed by atoms with Gasteiger partial charge in [-0.15, -0.1) is 5.10 Å². The van der Waals surface area contributed by atoms with E-state index in [1.165, 1.54) is 11.8 Å². The molecule has 9 heteroatoms. The average Bonchev–Trinajstić information content (AvgIpc) is 3.18. The summed E-state index contributed by atoms with van der Waals surface area (Å²) >= 11 is 1.39. The number of methoxy groups -OCH3 is 1. The van der Waals surface area contributed by atoms with Gasteiger partial charge in [0.15, 0.2) is 0 Å². The van der Waals surface area contributed by atoms with E-state index < -0.39 is 0 Å². The molecule has 1 unspecified atom stereocenters. The Bertz CT molecular complexity index is 451. The van der Waals surface area contributed by atoms with E-state index in [-0.39, 0.29) is 11.2 Å². The highest BCUT2D eigenvalue weighted by Crippen LogP contribution is 2.23. The summed E-state index contributed by atoms with van der Waals surface area (Å²) in [6.07, 6.45) is 2.18. The van der Waals surface area contributed by atoms with Crippen molar-refractivity contribution < 1.29 is 9.53 Å².